The van der Waals surface area contributed by atoms with Crippen molar-refractivity contribution >= 4 is 17.6 Å². The second-order valence-corrected chi connectivity index (χ2v) is 7.45. The smallest absolute Gasteiger partial charge is 0.328 e. The molecule has 0 spiro atoms. The van der Waals surface area contributed by atoms with Crippen LogP contribution in [0.4, 0.5) is 14.5 Å². The molecule has 2 atom stereocenters. The normalized spacial score (nSPS) is 18.0. The van der Waals surface area contributed by atoms with E-state index < -0.39 is 35.0 Å². The Morgan fingerprint density at radius 2 is 1.53 bits per heavy atom. The Morgan fingerprint density at radius 1 is 0.969 bits per heavy atom. The fraction of sp³-hybridized carbons (Fsp3) is 0.167. The molecule has 0 radical (unpaired) electrons. The Kier molecular flexibility index (Phi) is 5.40. The minimum atomic E-state index is -1.46. The molecule has 3 N–H and O–H groups in total. The molecule has 1 unspecified atom stereocenters. The molecule has 0 aliphatic carbocycles. The van der Waals surface area contributed by atoms with Crippen LogP contribution in [0.15, 0.2) is 60.7 Å². The summed E-state index contributed by atoms with van der Waals surface area (Å²) in [6.07, 6.45) is 0. The van der Waals surface area contributed by atoms with Gasteiger partial charge in [-0.2, -0.15) is 0 Å². The zero-order chi connectivity index (χ0) is 23.0. The van der Waals surface area contributed by atoms with E-state index >= 15 is 0 Å². The highest BCUT2D eigenvalue weighted by Gasteiger charge is 2.51. The molecular weight excluding hydrogens is 418 g/mol. The Morgan fingerprint density at radius 3 is 2.06 bits per heavy atom. The van der Waals surface area contributed by atoms with E-state index in [9.17, 15) is 18.4 Å². The summed E-state index contributed by atoms with van der Waals surface area (Å²) >= 11 is 0. The van der Waals surface area contributed by atoms with E-state index in [0.29, 0.717) is 16.9 Å². The highest BCUT2D eigenvalue weighted by Crippen LogP contribution is 2.49. The molecule has 0 saturated heterocycles. The third kappa shape index (κ3) is 3.29. The molecule has 6 nitrogen and oxygen atoms in total. The molecule has 3 aromatic rings. The van der Waals surface area contributed by atoms with Gasteiger partial charge in [0.1, 0.15) is 23.0 Å². The largest absolute Gasteiger partial charge is 0.497 e. The lowest BCUT2D eigenvalue weighted by atomic mass is 9.70. The maximum absolute atomic E-state index is 14.6. The first kappa shape index (κ1) is 21.5. The third-order valence-electron chi connectivity index (χ3n) is 5.48. The first-order valence-corrected chi connectivity index (χ1v) is 9.81. The first-order valence-electron chi connectivity index (χ1n) is 9.81. The van der Waals surface area contributed by atoms with Gasteiger partial charge < -0.3 is 20.5 Å². The number of halogens is 2. The van der Waals surface area contributed by atoms with Crippen molar-refractivity contribution in [3.8, 4) is 11.5 Å². The van der Waals surface area contributed by atoms with Crippen LogP contribution >= 0.6 is 0 Å². The van der Waals surface area contributed by atoms with E-state index in [4.69, 9.17) is 15.2 Å². The lowest BCUT2D eigenvalue weighted by Gasteiger charge is -2.29. The van der Waals surface area contributed by atoms with Crippen molar-refractivity contribution < 1.29 is 27.8 Å². The second-order valence-electron chi connectivity index (χ2n) is 7.45. The Balaban J connectivity index is 1.90. The number of methoxy groups -OCH3 is 1. The van der Waals surface area contributed by atoms with Crippen molar-refractivity contribution in [2.24, 2.45) is 5.73 Å². The van der Waals surface area contributed by atoms with Gasteiger partial charge in [0, 0.05) is 5.56 Å². The Labute approximate surface area is 183 Å². The van der Waals surface area contributed by atoms with Gasteiger partial charge in [0.05, 0.1) is 12.8 Å². The number of amides is 1. The summed E-state index contributed by atoms with van der Waals surface area (Å²) in [6.45, 7) is 1.50. The van der Waals surface area contributed by atoms with E-state index in [1.165, 1.54) is 32.2 Å². The summed E-state index contributed by atoms with van der Waals surface area (Å²) in [5.74, 6) is -2.52. The quantitative estimate of drug-likeness (QED) is 0.470. The van der Waals surface area contributed by atoms with Crippen LogP contribution in [-0.4, -0.2) is 25.0 Å². The zero-order valence-corrected chi connectivity index (χ0v) is 17.3. The number of esters is 1. The molecule has 164 valence electrons. The lowest BCUT2D eigenvalue weighted by molar-refractivity contribution is -0.135. The summed E-state index contributed by atoms with van der Waals surface area (Å²) in [5.41, 5.74) is 5.14. The number of nitrogens with one attached hydrogen (secondary N) is 1. The summed E-state index contributed by atoms with van der Waals surface area (Å²) in [6, 6.07) is 14.6. The summed E-state index contributed by atoms with van der Waals surface area (Å²) in [7, 11) is 1.52. The van der Waals surface area contributed by atoms with Gasteiger partial charge in [-0.3, -0.25) is 4.79 Å². The van der Waals surface area contributed by atoms with Crippen LogP contribution in [0, 0.1) is 11.6 Å². The number of fused-ring (bicyclic) bond motifs is 1. The maximum Gasteiger partial charge on any atom is 0.328 e. The average molecular weight is 438 g/mol. The minimum absolute atomic E-state index is 0.210. The molecule has 1 aliphatic heterocycles. The molecule has 0 saturated carbocycles. The fourth-order valence-corrected chi connectivity index (χ4v) is 3.88. The van der Waals surface area contributed by atoms with Gasteiger partial charge in [0.25, 0.3) is 0 Å². The SMILES string of the molecule is COc1ccc(C2(c3ccc(OC(=O)[C@H](C)N)cc3)C(=O)Nc3c2ccc(F)c3F)cc1. The maximum atomic E-state index is 14.6. The molecule has 1 aliphatic rings. The van der Waals surface area contributed by atoms with Crippen molar-refractivity contribution in [3.63, 3.8) is 0 Å². The molecule has 1 heterocycles. The summed E-state index contributed by atoms with van der Waals surface area (Å²) in [5, 5.41) is 2.50. The topological polar surface area (TPSA) is 90.7 Å². The molecule has 0 bridgehead atoms. The first-order chi connectivity index (χ1) is 15.3. The number of benzene rings is 3. The van der Waals surface area contributed by atoms with E-state index in [1.54, 1.807) is 36.4 Å². The number of hydrogen-bond donors (Lipinski definition) is 2. The number of rotatable bonds is 5. The highest BCUT2D eigenvalue weighted by molar-refractivity contribution is 6.11. The molecule has 8 heteroatoms. The minimum Gasteiger partial charge on any atom is -0.497 e. The molecule has 4 rings (SSSR count). The van der Waals surface area contributed by atoms with E-state index in [-0.39, 0.29) is 17.0 Å². The van der Waals surface area contributed by atoms with Crippen LogP contribution < -0.4 is 20.5 Å². The van der Waals surface area contributed by atoms with Crippen molar-refractivity contribution in [2.45, 2.75) is 18.4 Å². The van der Waals surface area contributed by atoms with Crippen LogP contribution in [0.5, 0.6) is 11.5 Å². The summed E-state index contributed by atoms with van der Waals surface area (Å²) in [4.78, 5) is 25.2. The number of carbonyl (C=O) groups excluding carboxylic acids is 2. The van der Waals surface area contributed by atoms with E-state index in [0.717, 1.165) is 6.07 Å². The van der Waals surface area contributed by atoms with Gasteiger partial charge in [-0.1, -0.05) is 30.3 Å². The van der Waals surface area contributed by atoms with Crippen LogP contribution in [-0.2, 0) is 15.0 Å². The average Bonchev–Trinajstić information content (AvgIpc) is 3.10. The zero-order valence-electron chi connectivity index (χ0n) is 17.3. The van der Waals surface area contributed by atoms with E-state index in [1.807, 2.05) is 0 Å². The van der Waals surface area contributed by atoms with Gasteiger partial charge in [-0.25, -0.2) is 13.6 Å². The second kappa shape index (κ2) is 8.05. The predicted molar refractivity (Wildman–Crippen MR) is 114 cm³/mol. The number of hydrogen-bond acceptors (Lipinski definition) is 5. The molecule has 32 heavy (non-hydrogen) atoms. The van der Waals surface area contributed by atoms with Gasteiger partial charge in [-0.05, 0) is 48.4 Å². The third-order valence-corrected chi connectivity index (χ3v) is 5.48. The van der Waals surface area contributed by atoms with Crippen LogP contribution in [0.3, 0.4) is 0 Å². The highest BCUT2D eigenvalue weighted by atomic mass is 19.2. The number of nitrogens with two attached hydrogens (primary N) is 1. The molecule has 0 fully saturated rings. The number of carbonyl (C=O) groups is 2. The lowest BCUT2D eigenvalue weighted by Crippen LogP contribution is -2.37. The van der Waals surface area contributed by atoms with Crippen molar-refractivity contribution in [1.29, 1.82) is 0 Å². The fourth-order valence-electron chi connectivity index (χ4n) is 3.88. The van der Waals surface area contributed by atoms with E-state index in [2.05, 4.69) is 5.32 Å². The van der Waals surface area contributed by atoms with Crippen molar-refractivity contribution in [3.05, 3.63) is 89.0 Å². The standard InChI is InChI=1S/C24H20F2N2O4/c1-13(27)22(29)32-17-9-5-15(6-10-17)24(14-3-7-16(31-2)8-4-14)18-11-12-19(25)20(26)21(18)28-23(24)30/h3-13H,27H2,1-2H3,(H,28,30)/t13-,24?/m0/s1. The Hall–Kier alpha value is -3.78. The van der Waals surface area contributed by atoms with Crippen LogP contribution in [0.2, 0.25) is 0 Å². The molecule has 1 amide bonds. The van der Waals surface area contributed by atoms with Gasteiger partial charge >= 0.3 is 5.97 Å². The van der Waals surface area contributed by atoms with Gasteiger partial charge in [0.2, 0.25) is 5.91 Å². The number of anilines is 1. The van der Waals surface area contributed by atoms with Gasteiger partial charge in [-0.15, -0.1) is 0 Å². The van der Waals surface area contributed by atoms with Crippen molar-refractivity contribution in [1.82, 2.24) is 0 Å². The molecule has 3 aromatic carbocycles. The van der Waals surface area contributed by atoms with Crippen molar-refractivity contribution in [2.75, 3.05) is 12.4 Å². The van der Waals surface area contributed by atoms with Crippen LogP contribution in [0.1, 0.15) is 23.6 Å². The van der Waals surface area contributed by atoms with Crippen LogP contribution in [0.25, 0.3) is 0 Å². The predicted octanol–water partition coefficient (Wildman–Crippen LogP) is 3.51. The van der Waals surface area contributed by atoms with Gasteiger partial charge in [0.15, 0.2) is 11.6 Å². The monoisotopic (exact) mass is 438 g/mol. The Bertz CT molecular complexity index is 1190. The molecule has 0 aromatic heterocycles. The molecular formula is C24H20F2N2O4. The number of ether oxygens (including phenoxy) is 2. The summed E-state index contributed by atoms with van der Waals surface area (Å²) < 4.78 is 38.9.